The third-order valence-corrected chi connectivity index (χ3v) is 5.35. The molecule has 194 valence electrons. The molecule has 3 N–H and O–H groups in total. The highest BCUT2D eigenvalue weighted by Crippen LogP contribution is 2.18. The van der Waals surface area contributed by atoms with Crippen LogP contribution in [0.25, 0.3) is 0 Å². The zero-order valence-electron chi connectivity index (χ0n) is 20.7. The Labute approximate surface area is 206 Å². The molecule has 2 atom stereocenters. The maximum atomic E-state index is 13.1. The minimum Gasteiger partial charge on any atom is -0.382 e. The van der Waals surface area contributed by atoms with E-state index in [0.29, 0.717) is 19.8 Å². The van der Waals surface area contributed by atoms with Crippen LogP contribution >= 0.6 is 0 Å². The number of hydrogen-bond donors (Lipinski definition) is 3. The van der Waals surface area contributed by atoms with Gasteiger partial charge in [0.15, 0.2) is 0 Å². The number of amides is 3. The van der Waals surface area contributed by atoms with E-state index < -0.39 is 35.6 Å². The Bertz CT molecular complexity index is 828. The van der Waals surface area contributed by atoms with E-state index in [9.17, 15) is 19.2 Å². The van der Waals surface area contributed by atoms with Gasteiger partial charge in [0.05, 0.1) is 26.4 Å². The second-order valence-corrected chi connectivity index (χ2v) is 8.81. The zero-order chi connectivity index (χ0) is 25.6. The molecule has 1 fully saturated rings. The molecule has 0 aliphatic heterocycles. The Balaban J connectivity index is 1.93. The van der Waals surface area contributed by atoms with Crippen LogP contribution in [0.5, 0.6) is 0 Å². The predicted molar refractivity (Wildman–Crippen MR) is 129 cm³/mol. The van der Waals surface area contributed by atoms with Gasteiger partial charge in [0.2, 0.25) is 17.6 Å². The predicted octanol–water partition coefficient (Wildman–Crippen LogP) is 0.382. The van der Waals surface area contributed by atoms with Crippen molar-refractivity contribution in [1.29, 1.82) is 0 Å². The number of carbonyl (C=O) groups excluding carboxylic acids is 4. The first kappa shape index (κ1) is 28.4. The summed E-state index contributed by atoms with van der Waals surface area (Å²) in [5.41, 5.74) is 0.802. The lowest BCUT2D eigenvalue weighted by atomic mass is 9.99. The number of nitrogens with one attached hydrogen (secondary N) is 3. The van der Waals surface area contributed by atoms with Crippen LogP contribution in [0.2, 0.25) is 0 Å². The van der Waals surface area contributed by atoms with Crippen LogP contribution in [0.3, 0.4) is 0 Å². The maximum absolute atomic E-state index is 13.1. The van der Waals surface area contributed by atoms with Gasteiger partial charge < -0.3 is 30.2 Å². The minimum atomic E-state index is -1.05. The van der Waals surface area contributed by atoms with Gasteiger partial charge in [-0.3, -0.25) is 19.2 Å². The Morgan fingerprint density at radius 3 is 2.23 bits per heavy atom. The van der Waals surface area contributed by atoms with Crippen molar-refractivity contribution in [2.75, 3.05) is 40.1 Å². The molecule has 2 unspecified atom stereocenters. The molecule has 1 saturated carbocycles. The topological polar surface area (TPSA) is 132 Å². The average molecular weight is 492 g/mol. The van der Waals surface area contributed by atoms with E-state index in [1.807, 2.05) is 30.3 Å². The first-order valence-corrected chi connectivity index (χ1v) is 11.9. The minimum absolute atomic E-state index is 0.0209. The van der Waals surface area contributed by atoms with Crippen molar-refractivity contribution in [3.05, 3.63) is 35.9 Å². The van der Waals surface area contributed by atoms with Crippen molar-refractivity contribution in [3.63, 3.8) is 0 Å². The van der Waals surface area contributed by atoms with E-state index in [1.54, 1.807) is 21.0 Å². The standard InChI is InChI=1S/C25H37N3O7/c1-17(2)22(28-21(29)16-35-14-13-34-12-11-33-3)24(31)27-20(15-18-7-5-4-6-8-18)23(30)25(32)26-19-9-10-19/h4-8,17,19-20,22H,9-16H2,1-3H3,(H,26,32)(H,27,31)(H,28,29). The van der Waals surface area contributed by atoms with Gasteiger partial charge in [-0.25, -0.2) is 0 Å². The summed E-state index contributed by atoms with van der Waals surface area (Å²) in [6.07, 6.45) is 1.85. The number of carbonyl (C=O) groups is 4. The molecule has 3 amide bonds. The van der Waals surface area contributed by atoms with Gasteiger partial charge in [-0.2, -0.15) is 0 Å². The van der Waals surface area contributed by atoms with Crippen molar-refractivity contribution in [2.45, 2.75) is 51.2 Å². The van der Waals surface area contributed by atoms with E-state index in [4.69, 9.17) is 14.2 Å². The third kappa shape index (κ3) is 11.0. The van der Waals surface area contributed by atoms with Crippen LogP contribution in [0.15, 0.2) is 30.3 Å². The molecule has 0 aromatic heterocycles. The summed E-state index contributed by atoms with van der Waals surface area (Å²) in [6.45, 7) is 4.77. The molecular formula is C25H37N3O7. The van der Waals surface area contributed by atoms with E-state index in [1.165, 1.54) is 0 Å². The number of rotatable bonds is 17. The molecule has 10 nitrogen and oxygen atoms in total. The maximum Gasteiger partial charge on any atom is 0.289 e. The van der Waals surface area contributed by atoms with Crippen molar-refractivity contribution in [2.24, 2.45) is 5.92 Å². The van der Waals surface area contributed by atoms with Crippen LogP contribution in [-0.4, -0.2) is 81.8 Å². The van der Waals surface area contributed by atoms with Gasteiger partial charge in [-0.1, -0.05) is 44.2 Å². The van der Waals surface area contributed by atoms with E-state index in [-0.39, 0.29) is 31.6 Å². The van der Waals surface area contributed by atoms with Crippen LogP contribution in [-0.2, 0) is 39.8 Å². The molecular weight excluding hydrogens is 454 g/mol. The average Bonchev–Trinajstić information content (AvgIpc) is 3.65. The number of hydrogen-bond acceptors (Lipinski definition) is 7. The van der Waals surface area contributed by atoms with Gasteiger partial charge in [0.25, 0.3) is 5.91 Å². The summed E-state index contributed by atoms with van der Waals surface area (Å²) in [4.78, 5) is 50.7. The van der Waals surface area contributed by atoms with E-state index >= 15 is 0 Å². The highest BCUT2D eigenvalue weighted by Gasteiger charge is 2.34. The molecule has 1 aromatic carbocycles. The smallest absolute Gasteiger partial charge is 0.289 e. The fourth-order valence-corrected chi connectivity index (χ4v) is 3.24. The largest absolute Gasteiger partial charge is 0.382 e. The Kier molecular flexibility index (Phi) is 12.4. The first-order chi connectivity index (χ1) is 16.8. The SMILES string of the molecule is COCCOCCOCC(=O)NC(C(=O)NC(Cc1ccccc1)C(=O)C(=O)NC1CC1)C(C)C. The zero-order valence-corrected chi connectivity index (χ0v) is 20.7. The second-order valence-electron chi connectivity index (χ2n) is 8.81. The molecule has 0 radical (unpaired) electrons. The summed E-state index contributed by atoms with van der Waals surface area (Å²) in [7, 11) is 1.58. The molecule has 0 saturated heterocycles. The molecule has 0 spiro atoms. The second kappa shape index (κ2) is 15.2. The van der Waals surface area contributed by atoms with Gasteiger partial charge in [-0.05, 0) is 24.3 Å². The normalized spacial score (nSPS) is 14.7. The van der Waals surface area contributed by atoms with Crippen LogP contribution in [0, 0.1) is 5.92 Å². The summed E-state index contributed by atoms with van der Waals surface area (Å²) in [5.74, 6) is -2.68. The fourth-order valence-electron chi connectivity index (χ4n) is 3.24. The van der Waals surface area contributed by atoms with E-state index in [2.05, 4.69) is 16.0 Å². The van der Waals surface area contributed by atoms with Crippen LogP contribution in [0.1, 0.15) is 32.3 Å². The number of Topliss-reactive ketones (excluding diaryl/α,β-unsaturated/α-hetero) is 1. The molecule has 0 bridgehead atoms. The van der Waals surface area contributed by atoms with Gasteiger partial charge >= 0.3 is 0 Å². The highest BCUT2D eigenvalue weighted by atomic mass is 16.5. The monoisotopic (exact) mass is 491 g/mol. The van der Waals surface area contributed by atoms with Crippen molar-refractivity contribution in [1.82, 2.24) is 16.0 Å². The Hall–Kier alpha value is -2.82. The number of methoxy groups -OCH3 is 1. The number of ether oxygens (including phenoxy) is 3. The fraction of sp³-hybridized carbons (Fsp3) is 0.600. The quantitative estimate of drug-likeness (QED) is 0.212. The molecule has 10 heteroatoms. The molecule has 1 aliphatic carbocycles. The lowest BCUT2D eigenvalue weighted by Gasteiger charge is -2.25. The van der Waals surface area contributed by atoms with Gasteiger partial charge in [0.1, 0.15) is 18.7 Å². The molecule has 1 aromatic rings. The van der Waals surface area contributed by atoms with Gasteiger partial charge in [0, 0.05) is 19.6 Å². The lowest BCUT2D eigenvalue weighted by molar-refractivity contribution is -0.140. The number of benzene rings is 1. The third-order valence-electron chi connectivity index (χ3n) is 5.35. The van der Waals surface area contributed by atoms with Crippen LogP contribution < -0.4 is 16.0 Å². The molecule has 0 heterocycles. The Morgan fingerprint density at radius 2 is 1.60 bits per heavy atom. The van der Waals surface area contributed by atoms with Crippen LogP contribution in [0.4, 0.5) is 0 Å². The summed E-state index contributed by atoms with van der Waals surface area (Å²) < 4.78 is 15.4. The molecule has 1 aliphatic rings. The van der Waals surface area contributed by atoms with Crippen molar-refractivity contribution < 1.29 is 33.4 Å². The number of ketones is 1. The highest BCUT2D eigenvalue weighted by molar-refractivity contribution is 6.38. The Morgan fingerprint density at radius 1 is 0.943 bits per heavy atom. The summed E-state index contributed by atoms with van der Waals surface area (Å²) in [5, 5.41) is 8.02. The van der Waals surface area contributed by atoms with Gasteiger partial charge in [-0.15, -0.1) is 0 Å². The summed E-state index contributed by atoms with van der Waals surface area (Å²) in [6, 6.07) is 7.20. The lowest BCUT2D eigenvalue weighted by Crippen LogP contribution is -2.56. The molecule has 35 heavy (non-hydrogen) atoms. The van der Waals surface area contributed by atoms with Crippen molar-refractivity contribution in [3.8, 4) is 0 Å². The first-order valence-electron chi connectivity index (χ1n) is 11.9. The van der Waals surface area contributed by atoms with E-state index in [0.717, 1.165) is 18.4 Å². The molecule has 2 rings (SSSR count). The summed E-state index contributed by atoms with van der Waals surface area (Å²) >= 11 is 0. The van der Waals surface area contributed by atoms with Crippen molar-refractivity contribution >= 4 is 23.5 Å².